The number of nitrogens with zero attached hydrogens (tertiary/aromatic N) is 1. The Balaban J connectivity index is 1.77. The Morgan fingerprint density at radius 3 is 2.48 bits per heavy atom. The average Bonchev–Trinajstić information content (AvgIpc) is 2.68. The normalized spacial score (nSPS) is 10.6. The van der Waals surface area contributed by atoms with Crippen LogP contribution in [0.4, 0.5) is 5.69 Å². The fourth-order valence-electron chi connectivity index (χ4n) is 3.16. The maximum absolute atomic E-state index is 12.8. The fraction of sp³-hybridized carbons (Fsp3) is 0.217. The summed E-state index contributed by atoms with van der Waals surface area (Å²) in [5, 5.41) is 2.06. The van der Waals surface area contributed by atoms with Crippen LogP contribution in [-0.2, 0) is 9.53 Å². The highest BCUT2D eigenvalue weighted by atomic mass is 16.5. The van der Waals surface area contributed by atoms with Crippen molar-refractivity contribution in [1.29, 1.82) is 0 Å². The number of hydrogen-bond donors (Lipinski definition) is 0. The number of benzene rings is 3. The maximum Gasteiger partial charge on any atom is 0.338 e. The summed E-state index contributed by atoms with van der Waals surface area (Å²) in [4.78, 5) is 26.8. The molecule has 0 atom stereocenters. The number of fused-ring (bicyclic) bond motifs is 1. The van der Waals surface area contributed by atoms with E-state index in [1.54, 1.807) is 11.0 Å². The molecular weight excluding hydrogens is 338 g/mol. The van der Waals surface area contributed by atoms with Crippen LogP contribution >= 0.6 is 0 Å². The third-order valence-corrected chi connectivity index (χ3v) is 4.61. The van der Waals surface area contributed by atoms with Gasteiger partial charge in [-0.15, -0.1) is 0 Å². The van der Waals surface area contributed by atoms with Crippen LogP contribution in [0.3, 0.4) is 0 Å². The molecule has 0 spiro atoms. The first kappa shape index (κ1) is 18.6. The monoisotopic (exact) mass is 361 g/mol. The highest BCUT2D eigenvalue weighted by Crippen LogP contribution is 2.26. The van der Waals surface area contributed by atoms with Gasteiger partial charge in [-0.2, -0.15) is 0 Å². The fourth-order valence-corrected chi connectivity index (χ4v) is 3.16. The van der Waals surface area contributed by atoms with Crippen LogP contribution in [0, 0.1) is 13.8 Å². The molecule has 0 aromatic heterocycles. The number of esters is 1. The van der Waals surface area contributed by atoms with Gasteiger partial charge in [0.15, 0.2) is 6.61 Å². The second kappa shape index (κ2) is 8.04. The SMILES string of the molecule is CCN(C(=O)COC(=O)c1cc(C)ccc1C)c1cccc2ccccc12. The van der Waals surface area contributed by atoms with Crippen LogP contribution in [-0.4, -0.2) is 25.0 Å². The molecule has 138 valence electrons. The number of likely N-dealkylation sites (N-methyl/N-ethyl adjacent to an activating group) is 1. The van der Waals surface area contributed by atoms with Crippen molar-refractivity contribution in [1.82, 2.24) is 0 Å². The number of carbonyl (C=O) groups is 2. The van der Waals surface area contributed by atoms with E-state index >= 15 is 0 Å². The molecule has 0 radical (unpaired) electrons. The van der Waals surface area contributed by atoms with Crippen molar-refractivity contribution in [2.45, 2.75) is 20.8 Å². The van der Waals surface area contributed by atoms with E-state index in [9.17, 15) is 9.59 Å². The third kappa shape index (κ3) is 4.00. The minimum absolute atomic E-state index is 0.243. The van der Waals surface area contributed by atoms with Crippen molar-refractivity contribution in [2.24, 2.45) is 0 Å². The van der Waals surface area contributed by atoms with E-state index in [0.717, 1.165) is 27.6 Å². The lowest BCUT2D eigenvalue weighted by atomic mass is 10.1. The van der Waals surface area contributed by atoms with Gasteiger partial charge in [-0.05, 0) is 43.9 Å². The molecule has 3 rings (SSSR count). The summed E-state index contributed by atoms with van der Waals surface area (Å²) in [5.41, 5.74) is 3.13. The smallest absolute Gasteiger partial charge is 0.338 e. The van der Waals surface area contributed by atoms with E-state index in [1.165, 1.54) is 0 Å². The lowest BCUT2D eigenvalue weighted by molar-refractivity contribution is -0.121. The van der Waals surface area contributed by atoms with E-state index in [0.29, 0.717) is 12.1 Å². The Morgan fingerprint density at radius 1 is 0.963 bits per heavy atom. The molecule has 0 bridgehead atoms. The summed E-state index contributed by atoms with van der Waals surface area (Å²) < 4.78 is 5.31. The van der Waals surface area contributed by atoms with Crippen LogP contribution in [0.25, 0.3) is 10.8 Å². The quantitative estimate of drug-likeness (QED) is 0.621. The highest BCUT2D eigenvalue weighted by Gasteiger charge is 2.19. The number of rotatable bonds is 5. The molecule has 0 saturated carbocycles. The number of anilines is 1. The summed E-state index contributed by atoms with van der Waals surface area (Å²) in [6, 6.07) is 19.4. The van der Waals surface area contributed by atoms with Gasteiger partial charge in [0.2, 0.25) is 0 Å². The summed E-state index contributed by atoms with van der Waals surface area (Å²) in [5.74, 6) is -0.717. The Labute approximate surface area is 159 Å². The molecule has 0 heterocycles. The third-order valence-electron chi connectivity index (χ3n) is 4.61. The predicted octanol–water partition coefficient (Wildman–Crippen LogP) is 4.67. The average molecular weight is 361 g/mol. The topological polar surface area (TPSA) is 46.6 Å². The zero-order chi connectivity index (χ0) is 19.4. The first-order valence-electron chi connectivity index (χ1n) is 9.03. The number of aryl methyl sites for hydroxylation is 2. The number of carbonyl (C=O) groups excluding carboxylic acids is 2. The van der Waals surface area contributed by atoms with Gasteiger partial charge in [-0.1, -0.05) is 54.1 Å². The molecule has 3 aromatic carbocycles. The molecule has 4 nitrogen and oxygen atoms in total. The number of ether oxygens (including phenoxy) is 1. The van der Waals surface area contributed by atoms with Crippen molar-refractivity contribution in [3.8, 4) is 0 Å². The zero-order valence-electron chi connectivity index (χ0n) is 15.9. The summed E-state index contributed by atoms with van der Waals surface area (Å²) in [6.07, 6.45) is 0. The van der Waals surface area contributed by atoms with Crippen molar-refractivity contribution in [3.63, 3.8) is 0 Å². The Kier molecular flexibility index (Phi) is 5.55. The molecule has 0 fully saturated rings. The molecule has 0 aliphatic carbocycles. The Bertz CT molecular complexity index is 989. The van der Waals surface area contributed by atoms with Gasteiger partial charge in [0.1, 0.15) is 0 Å². The summed E-state index contributed by atoms with van der Waals surface area (Å²) in [7, 11) is 0. The van der Waals surface area contributed by atoms with Gasteiger partial charge in [0.25, 0.3) is 5.91 Å². The lowest BCUT2D eigenvalue weighted by Gasteiger charge is -2.22. The molecule has 0 unspecified atom stereocenters. The second-order valence-electron chi connectivity index (χ2n) is 6.53. The van der Waals surface area contributed by atoms with Crippen LogP contribution < -0.4 is 4.90 Å². The first-order chi connectivity index (χ1) is 13.0. The van der Waals surface area contributed by atoms with Crippen LogP contribution in [0.2, 0.25) is 0 Å². The highest BCUT2D eigenvalue weighted by molar-refractivity contribution is 6.04. The summed E-state index contributed by atoms with van der Waals surface area (Å²) >= 11 is 0. The zero-order valence-corrected chi connectivity index (χ0v) is 15.9. The maximum atomic E-state index is 12.8. The largest absolute Gasteiger partial charge is 0.452 e. The molecule has 1 amide bonds. The number of hydrogen-bond acceptors (Lipinski definition) is 3. The molecule has 0 aliphatic rings. The van der Waals surface area contributed by atoms with Gasteiger partial charge in [-0.25, -0.2) is 4.79 Å². The standard InChI is InChI=1S/C23H23NO3/c1-4-24(21-11-7-9-18-8-5-6-10-19(18)21)22(25)15-27-23(26)20-14-16(2)12-13-17(20)3/h5-14H,4,15H2,1-3H3. The van der Waals surface area contributed by atoms with Gasteiger partial charge < -0.3 is 9.64 Å². The second-order valence-corrected chi connectivity index (χ2v) is 6.53. The molecular formula is C23H23NO3. The molecule has 0 aliphatic heterocycles. The molecule has 3 aromatic rings. The number of amides is 1. The molecule has 0 N–H and O–H groups in total. The van der Waals surface area contributed by atoms with Gasteiger partial charge in [0, 0.05) is 11.9 Å². The molecule has 4 heteroatoms. The van der Waals surface area contributed by atoms with Crippen molar-refractivity contribution >= 4 is 28.3 Å². The Hall–Kier alpha value is -3.14. The van der Waals surface area contributed by atoms with E-state index in [2.05, 4.69) is 0 Å². The van der Waals surface area contributed by atoms with E-state index in [-0.39, 0.29) is 12.5 Å². The molecule has 27 heavy (non-hydrogen) atoms. The van der Waals surface area contributed by atoms with Gasteiger partial charge in [-0.3, -0.25) is 4.79 Å². The van der Waals surface area contributed by atoms with Crippen LogP contribution in [0.15, 0.2) is 60.7 Å². The van der Waals surface area contributed by atoms with Gasteiger partial charge in [0.05, 0.1) is 11.3 Å². The summed E-state index contributed by atoms with van der Waals surface area (Å²) in [6.45, 7) is 5.89. The molecule has 0 saturated heterocycles. The van der Waals surface area contributed by atoms with E-state index < -0.39 is 5.97 Å². The van der Waals surface area contributed by atoms with Crippen LogP contribution in [0.1, 0.15) is 28.4 Å². The minimum Gasteiger partial charge on any atom is -0.452 e. The Morgan fingerprint density at radius 2 is 1.70 bits per heavy atom. The van der Waals surface area contributed by atoms with Gasteiger partial charge >= 0.3 is 5.97 Å². The lowest BCUT2D eigenvalue weighted by Crippen LogP contribution is -2.34. The van der Waals surface area contributed by atoms with Crippen molar-refractivity contribution in [2.75, 3.05) is 18.1 Å². The van der Waals surface area contributed by atoms with E-state index in [1.807, 2.05) is 75.4 Å². The van der Waals surface area contributed by atoms with Crippen molar-refractivity contribution in [3.05, 3.63) is 77.4 Å². The van der Waals surface area contributed by atoms with Crippen molar-refractivity contribution < 1.29 is 14.3 Å². The first-order valence-corrected chi connectivity index (χ1v) is 9.03. The van der Waals surface area contributed by atoms with E-state index in [4.69, 9.17) is 4.74 Å². The van der Waals surface area contributed by atoms with Crippen LogP contribution in [0.5, 0.6) is 0 Å². The predicted molar refractivity (Wildman–Crippen MR) is 108 cm³/mol. The minimum atomic E-state index is -0.474.